The summed E-state index contributed by atoms with van der Waals surface area (Å²) in [6, 6.07) is 6.42. The molecule has 5 rings (SSSR count). The number of aromatic nitrogens is 3. The number of nitrogens with one attached hydrogen (secondary N) is 1. The average molecular weight is 381 g/mol. The smallest absolute Gasteiger partial charge is 0.261 e. The molecule has 0 spiro atoms. The monoisotopic (exact) mass is 380 g/mol. The Kier molecular flexibility index (Phi) is 4.06. The fraction of sp³-hybridized carbons (Fsp3) is 0.429. The number of aromatic amines is 1. The topological polar surface area (TPSA) is 53.9 Å². The molecule has 0 aromatic carbocycles. The van der Waals surface area contributed by atoms with Crippen molar-refractivity contribution in [2.24, 2.45) is 5.92 Å². The summed E-state index contributed by atoms with van der Waals surface area (Å²) >= 11 is 1.89. The van der Waals surface area contributed by atoms with E-state index in [1.54, 1.807) is 12.4 Å². The Morgan fingerprint density at radius 3 is 2.89 bits per heavy atom. The van der Waals surface area contributed by atoms with Crippen LogP contribution in [0, 0.1) is 19.8 Å². The molecule has 5 nitrogen and oxygen atoms in total. The molecule has 1 N–H and O–H groups in total. The molecule has 3 aromatic heterocycles. The van der Waals surface area contributed by atoms with Gasteiger partial charge in [0.1, 0.15) is 5.82 Å². The van der Waals surface area contributed by atoms with Gasteiger partial charge in [-0.1, -0.05) is 0 Å². The molecular formula is C21H24N4OS. The van der Waals surface area contributed by atoms with E-state index in [4.69, 9.17) is 0 Å². The van der Waals surface area contributed by atoms with Crippen molar-refractivity contribution in [3.63, 3.8) is 0 Å². The molecule has 2 bridgehead atoms. The molecule has 6 heteroatoms. The first-order valence-corrected chi connectivity index (χ1v) is 10.4. The zero-order chi connectivity index (χ0) is 18.5. The molecule has 0 unspecified atom stereocenters. The van der Waals surface area contributed by atoms with Gasteiger partial charge in [0.25, 0.3) is 5.56 Å². The second-order valence-corrected chi connectivity index (χ2v) is 9.42. The highest BCUT2D eigenvalue weighted by Crippen LogP contribution is 2.36. The molecule has 1 saturated heterocycles. The van der Waals surface area contributed by atoms with Gasteiger partial charge in [-0.25, -0.2) is 4.98 Å². The number of likely N-dealkylation sites (tertiary alicyclic amines) is 1. The summed E-state index contributed by atoms with van der Waals surface area (Å²) in [7, 11) is 0. The second kappa shape index (κ2) is 6.46. The number of rotatable bonds is 3. The maximum Gasteiger partial charge on any atom is 0.261 e. The molecule has 0 radical (unpaired) electrons. The van der Waals surface area contributed by atoms with Gasteiger partial charge >= 0.3 is 0 Å². The van der Waals surface area contributed by atoms with Crippen LogP contribution in [0.25, 0.3) is 11.4 Å². The summed E-state index contributed by atoms with van der Waals surface area (Å²) in [5.74, 6) is 1.65. The number of thiophene rings is 1. The Morgan fingerprint density at radius 2 is 2.15 bits per heavy atom. The van der Waals surface area contributed by atoms with Crippen LogP contribution in [0.5, 0.6) is 0 Å². The highest BCUT2D eigenvalue weighted by atomic mass is 32.1. The number of hydrogen-bond donors (Lipinski definition) is 1. The van der Waals surface area contributed by atoms with Crippen molar-refractivity contribution < 1.29 is 0 Å². The lowest BCUT2D eigenvalue weighted by molar-refractivity contribution is 0.114. The van der Waals surface area contributed by atoms with Crippen molar-refractivity contribution in [3.05, 3.63) is 62.0 Å². The molecule has 1 fully saturated rings. The van der Waals surface area contributed by atoms with Crippen LogP contribution in [0.15, 0.2) is 35.4 Å². The molecule has 0 amide bonds. The van der Waals surface area contributed by atoms with E-state index in [0.717, 1.165) is 26.2 Å². The number of piperidine rings is 1. The number of hydrogen-bond acceptors (Lipinski definition) is 4. The lowest BCUT2D eigenvalue weighted by Gasteiger charge is -2.43. The van der Waals surface area contributed by atoms with Crippen molar-refractivity contribution in [3.8, 4) is 11.4 Å². The van der Waals surface area contributed by atoms with Gasteiger partial charge in [0.2, 0.25) is 0 Å². The molecular weight excluding hydrogens is 356 g/mol. The molecule has 0 aliphatic carbocycles. The summed E-state index contributed by atoms with van der Waals surface area (Å²) < 4.78 is 2.01. The van der Waals surface area contributed by atoms with Crippen molar-refractivity contribution >= 4 is 11.3 Å². The van der Waals surface area contributed by atoms with Crippen LogP contribution in [-0.4, -0.2) is 32.5 Å². The molecule has 27 heavy (non-hydrogen) atoms. The predicted octanol–water partition coefficient (Wildman–Crippen LogP) is 3.54. The summed E-state index contributed by atoms with van der Waals surface area (Å²) in [6.45, 7) is 8.36. The molecule has 140 valence electrons. The van der Waals surface area contributed by atoms with E-state index in [1.165, 1.54) is 27.4 Å². The number of fused-ring (bicyclic) bond motifs is 4. The number of pyridine rings is 1. The fourth-order valence-electron chi connectivity index (χ4n) is 4.85. The minimum absolute atomic E-state index is 0.0925. The van der Waals surface area contributed by atoms with E-state index in [9.17, 15) is 4.79 Å². The van der Waals surface area contributed by atoms with E-state index in [2.05, 4.69) is 40.8 Å². The summed E-state index contributed by atoms with van der Waals surface area (Å²) in [6.07, 6.45) is 4.65. The first-order chi connectivity index (χ1) is 13.1. The lowest BCUT2D eigenvalue weighted by Crippen LogP contribution is -2.47. The molecule has 5 heterocycles. The van der Waals surface area contributed by atoms with Gasteiger partial charge in [-0.2, -0.15) is 0 Å². The zero-order valence-electron chi connectivity index (χ0n) is 15.7. The van der Waals surface area contributed by atoms with Gasteiger partial charge in [-0.3, -0.25) is 9.69 Å². The van der Waals surface area contributed by atoms with Crippen LogP contribution in [0.2, 0.25) is 0 Å². The van der Waals surface area contributed by atoms with Gasteiger partial charge in [0, 0.05) is 59.9 Å². The number of aryl methyl sites for hydroxylation is 2. The van der Waals surface area contributed by atoms with E-state index in [-0.39, 0.29) is 5.56 Å². The van der Waals surface area contributed by atoms with Gasteiger partial charge in [0.15, 0.2) is 0 Å². The minimum Gasteiger partial charge on any atom is -0.344 e. The zero-order valence-corrected chi connectivity index (χ0v) is 16.6. The normalized spacial score (nSPS) is 22.0. The van der Waals surface area contributed by atoms with Crippen LogP contribution in [-0.2, 0) is 13.1 Å². The molecule has 2 aliphatic rings. The number of nitrogens with zero attached hydrogens (tertiary/aromatic N) is 3. The Bertz CT molecular complexity index is 1030. The first-order valence-electron chi connectivity index (χ1n) is 9.60. The third-order valence-corrected chi connectivity index (χ3v) is 6.98. The van der Waals surface area contributed by atoms with Crippen LogP contribution in [0.1, 0.15) is 33.4 Å². The van der Waals surface area contributed by atoms with E-state index in [0.29, 0.717) is 23.2 Å². The standard InChI is InChI=1S/C21H24N4OS/c1-13-7-16(14(2)27-13)11-24-9-15-8-17(12-24)19-4-3-18(20-22-5-6-23-20)21(26)25(19)10-15/h3-7,15,17H,8-12H2,1-2H3,(H,22,23)/t15-,17+/m0/s1. The van der Waals surface area contributed by atoms with Gasteiger partial charge in [0.05, 0.1) is 5.56 Å². The van der Waals surface area contributed by atoms with E-state index >= 15 is 0 Å². The molecule has 2 atom stereocenters. The quantitative estimate of drug-likeness (QED) is 0.756. The number of imidazole rings is 1. The maximum atomic E-state index is 13.1. The van der Waals surface area contributed by atoms with E-state index < -0.39 is 0 Å². The Morgan fingerprint density at radius 1 is 1.26 bits per heavy atom. The van der Waals surface area contributed by atoms with Crippen LogP contribution in [0.3, 0.4) is 0 Å². The van der Waals surface area contributed by atoms with Crippen molar-refractivity contribution in [2.45, 2.75) is 39.3 Å². The first kappa shape index (κ1) is 17.0. The lowest BCUT2D eigenvalue weighted by atomic mass is 9.82. The summed E-state index contributed by atoms with van der Waals surface area (Å²) in [4.78, 5) is 25.8. The largest absolute Gasteiger partial charge is 0.344 e. The average Bonchev–Trinajstić information content (AvgIpc) is 3.26. The van der Waals surface area contributed by atoms with Crippen LogP contribution in [0.4, 0.5) is 0 Å². The third kappa shape index (κ3) is 2.97. The Balaban J connectivity index is 1.44. The van der Waals surface area contributed by atoms with Gasteiger partial charge < -0.3 is 9.55 Å². The predicted molar refractivity (Wildman–Crippen MR) is 108 cm³/mol. The Labute approximate surface area is 162 Å². The maximum absolute atomic E-state index is 13.1. The molecule has 0 saturated carbocycles. The number of H-pyrrole nitrogens is 1. The van der Waals surface area contributed by atoms with Crippen LogP contribution >= 0.6 is 11.3 Å². The van der Waals surface area contributed by atoms with E-state index in [1.807, 2.05) is 22.0 Å². The molecule has 2 aliphatic heterocycles. The van der Waals surface area contributed by atoms with Crippen molar-refractivity contribution in [2.75, 3.05) is 13.1 Å². The van der Waals surface area contributed by atoms with Crippen molar-refractivity contribution in [1.82, 2.24) is 19.4 Å². The second-order valence-electron chi connectivity index (χ2n) is 7.96. The van der Waals surface area contributed by atoms with Gasteiger partial charge in [-0.15, -0.1) is 11.3 Å². The summed E-state index contributed by atoms with van der Waals surface area (Å²) in [5, 5.41) is 0. The van der Waals surface area contributed by atoms with Crippen molar-refractivity contribution in [1.29, 1.82) is 0 Å². The highest BCUT2D eigenvalue weighted by Gasteiger charge is 2.35. The highest BCUT2D eigenvalue weighted by molar-refractivity contribution is 7.12. The molecule has 3 aromatic rings. The minimum atomic E-state index is 0.0925. The Hall–Kier alpha value is -2.18. The van der Waals surface area contributed by atoms with Gasteiger partial charge in [-0.05, 0) is 49.9 Å². The third-order valence-electron chi connectivity index (χ3n) is 5.97. The fourth-order valence-corrected chi connectivity index (χ4v) is 5.79. The summed E-state index contributed by atoms with van der Waals surface area (Å²) in [5.41, 5.74) is 3.41. The van der Waals surface area contributed by atoms with Crippen LogP contribution < -0.4 is 5.56 Å². The SMILES string of the molecule is Cc1cc(CN2C[C@@H]3C[C@H](C2)c2ccc(-c4ncc[nH]4)c(=O)n2C3)c(C)s1.